The lowest BCUT2D eigenvalue weighted by Crippen LogP contribution is -1.93. The molecule has 1 nitrogen and oxygen atoms in total. The number of para-hydroxylation sites is 1. The highest BCUT2D eigenvalue weighted by Gasteiger charge is 2.22. The fourth-order valence-electron chi connectivity index (χ4n) is 8.59. The summed E-state index contributed by atoms with van der Waals surface area (Å²) in [5.41, 5.74) is 12.6. The molecule has 1 aromatic heterocycles. The Balaban J connectivity index is 1.28. The van der Waals surface area contributed by atoms with Crippen LogP contribution in [0, 0.1) is 0 Å². The lowest BCUT2D eigenvalue weighted by atomic mass is 9.83. The van der Waals surface area contributed by atoms with E-state index in [1.54, 1.807) is 0 Å². The molecule has 0 saturated carbocycles. The molecule has 266 valence electrons. The van der Waals surface area contributed by atoms with E-state index in [1.165, 1.54) is 0 Å². The van der Waals surface area contributed by atoms with E-state index >= 15 is 0 Å². The van der Waals surface area contributed by atoms with Gasteiger partial charge in [-0.1, -0.05) is 188 Å². The molecule has 1 heterocycles. The Kier molecular flexibility index (Phi) is 6.72. The summed E-state index contributed by atoms with van der Waals surface area (Å²) < 4.78 is 51.3. The molecule has 0 amide bonds. The zero-order valence-corrected chi connectivity index (χ0v) is 30.8. The lowest BCUT2D eigenvalue weighted by molar-refractivity contribution is 0.669. The van der Waals surface area contributed by atoms with Crippen LogP contribution in [-0.4, -0.2) is 0 Å². The molecule has 1 heteroatoms. The number of benzene rings is 10. The molecule has 0 atom stereocenters. The maximum absolute atomic E-state index is 9.30. The monoisotopic (exact) mass is 729 g/mol. The van der Waals surface area contributed by atoms with Gasteiger partial charge < -0.3 is 4.42 Å². The van der Waals surface area contributed by atoms with Crippen molar-refractivity contribution in [3.05, 3.63) is 218 Å². The van der Waals surface area contributed by atoms with E-state index in [0.717, 1.165) is 99.1 Å². The van der Waals surface area contributed by atoms with Crippen LogP contribution in [-0.2, 0) is 0 Å². The minimum atomic E-state index is -0.423. The Hall–Kier alpha value is -7.48. The predicted molar refractivity (Wildman–Crippen MR) is 241 cm³/mol. The van der Waals surface area contributed by atoms with Crippen molar-refractivity contribution in [2.24, 2.45) is 0 Å². The van der Waals surface area contributed by atoms with Gasteiger partial charge in [0.1, 0.15) is 11.2 Å². The molecule has 0 aliphatic carbocycles. The van der Waals surface area contributed by atoms with E-state index in [4.69, 9.17) is 8.53 Å². The van der Waals surface area contributed by atoms with Gasteiger partial charge in [0.15, 0.2) is 0 Å². The highest BCUT2D eigenvalue weighted by Crippen LogP contribution is 2.49. The van der Waals surface area contributed by atoms with Gasteiger partial charge in [0.25, 0.3) is 0 Å². The zero-order chi connectivity index (χ0) is 42.1. The van der Waals surface area contributed by atoms with Gasteiger partial charge in [0.05, 0.1) is 6.85 Å². The van der Waals surface area contributed by atoms with Gasteiger partial charge in [-0.2, -0.15) is 0 Å². The largest absolute Gasteiger partial charge is 0.456 e. The highest BCUT2D eigenvalue weighted by molar-refractivity contribution is 6.26. The van der Waals surface area contributed by atoms with E-state index in [0.29, 0.717) is 5.56 Å². The topological polar surface area (TPSA) is 13.1 Å². The third kappa shape index (κ3) is 5.63. The van der Waals surface area contributed by atoms with Gasteiger partial charge in [-0.3, -0.25) is 0 Å². The van der Waals surface area contributed by atoms with Gasteiger partial charge in [0.2, 0.25) is 0 Å². The number of fused-ring (bicyclic) bond motifs is 5. The first-order valence-electron chi connectivity index (χ1n) is 21.7. The van der Waals surface area contributed by atoms with E-state index in [1.807, 2.05) is 66.7 Å². The average molecular weight is 730 g/mol. The SMILES string of the molecule is [2H]c1c([2H])c([2H])c(-c2c3ccccc3c(-c3cc(-c4ccccc4)cc4oc5ccccc5c34)c3ccc(-c4ccc(-c5ccccc5)c(-c5ccccc5)c4)cc23)c([2H])c1[2H]. The summed E-state index contributed by atoms with van der Waals surface area (Å²) in [5.74, 6) is 0. The second-order valence-electron chi connectivity index (χ2n) is 14.4. The summed E-state index contributed by atoms with van der Waals surface area (Å²) in [6.45, 7) is 0. The maximum Gasteiger partial charge on any atom is 0.136 e. The van der Waals surface area contributed by atoms with Crippen molar-refractivity contribution < 1.29 is 11.3 Å². The maximum atomic E-state index is 9.30. The summed E-state index contributed by atoms with van der Waals surface area (Å²) >= 11 is 0. The van der Waals surface area contributed by atoms with Crippen molar-refractivity contribution in [2.75, 3.05) is 0 Å². The smallest absolute Gasteiger partial charge is 0.136 e. The molecule has 0 aliphatic rings. The van der Waals surface area contributed by atoms with Crippen LogP contribution in [0.1, 0.15) is 6.85 Å². The molecule has 11 aromatic rings. The fraction of sp³-hybridized carbons (Fsp3) is 0. The minimum absolute atomic E-state index is 0.169. The van der Waals surface area contributed by atoms with E-state index in [2.05, 4.69) is 121 Å². The molecular weight excluding hydrogens is 689 g/mol. The van der Waals surface area contributed by atoms with Crippen molar-refractivity contribution in [1.29, 1.82) is 0 Å². The van der Waals surface area contributed by atoms with Crippen molar-refractivity contribution in [3.63, 3.8) is 0 Å². The summed E-state index contributed by atoms with van der Waals surface area (Å²) in [6, 6.07) is 62.9. The minimum Gasteiger partial charge on any atom is -0.456 e. The van der Waals surface area contributed by atoms with E-state index in [9.17, 15) is 2.74 Å². The van der Waals surface area contributed by atoms with Gasteiger partial charge in [0, 0.05) is 10.8 Å². The van der Waals surface area contributed by atoms with Crippen LogP contribution in [0.2, 0.25) is 0 Å². The van der Waals surface area contributed by atoms with Crippen LogP contribution in [0.5, 0.6) is 0 Å². The van der Waals surface area contributed by atoms with Crippen molar-refractivity contribution >= 4 is 43.5 Å². The van der Waals surface area contributed by atoms with Crippen molar-refractivity contribution in [1.82, 2.24) is 0 Å². The molecule has 11 rings (SSSR count). The molecule has 0 spiro atoms. The molecule has 0 N–H and O–H groups in total. The summed E-state index contributed by atoms with van der Waals surface area (Å²) in [4.78, 5) is 0. The van der Waals surface area contributed by atoms with Crippen LogP contribution in [0.3, 0.4) is 0 Å². The normalized spacial score (nSPS) is 12.7. The molecule has 0 bridgehead atoms. The summed E-state index contributed by atoms with van der Waals surface area (Å²) in [7, 11) is 0. The van der Waals surface area contributed by atoms with Gasteiger partial charge in [-0.25, -0.2) is 0 Å². The quantitative estimate of drug-likeness (QED) is 0.155. The van der Waals surface area contributed by atoms with Crippen LogP contribution in [0.4, 0.5) is 0 Å². The first kappa shape index (κ1) is 28.0. The first-order valence-corrected chi connectivity index (χ1v) is 19.2. The molecule has 0 unspecified atom stereocenters. The zero-order valence-electron chi connectivity index (χ0n) is 35.8. The number of hydrogen-bond acceptors (Lipinski definition) is 1. The summed E-state index contributed by atoms with van der Waals surface area (Å²) in [6.07, 6.45) is 0. The second-order valence-corrected chi connectivity index (χ2v) is 14.4. The van der Waals surface area contributed by atoms with E-state index in [-0.39, 0.29) is 29.7 Å². The molecule has 0 aliphatic heterocycles. The second kappa shape index (κ2) is 13.7. The van der Waals surface area contributed by atoms with Gasteiger partial charge in [-0.05, 0) is 119 Å². The molecule has 57 heavy (non-hydrogen) atoms. The van der Waals surface area contributed by atoms with Gasteiger partial charge >= 0.3 is 0 Å². The van der Waals surface area contributed by atoms with Crippen molar-refractivity contribution in [2.45, 2.75) is 0 Å². The Morgan fingerprint density at radius 2 is 0.842 bits per heavy atom. The fourth-order valence-corrected chi connectivity index (χ4v) is 8.59. The van der Waals surface area contributed by atoms with Crippen LogP contribution < -0.4 is 0 Å². The molecule has 0 radical (unpaired) electrons. The lowest BCUT2D eigenvalue weighted by Gasteiger charge is -2.20. The highest BCUT2D eigenvalue weighted by atomic mass is 16.3. The van der Waals surface area contributed by atoms with Crippen LogP contribution in [0.25, 0.3) is 110 Å². The Morgan fingerprint density at radius 1 is 0.298 bits per heavy atom. The number of furan rings is 1. The van der Waals surface area contributed by atoms with Crippen molar-refractivity contribution in [3.8, 4) is 66.8 Å². The standard InChI is InChI=1S/C56H36O/c1-5-17-37(18-6-1)43-35-51(56-48-27-15-16-28-52(48)57-53(56)36-43)55-46-26-14-13-25-45(46)54(40-23-11-4-12-24-40)50-34-42(30-32-47(50)55)41-29-31-44(38-19-7-2-8-20-38)49(33-41)39-21-9-3-10-22-39/h1-36H/i4D,11D,12D,23D,24D. The van der Waals surface area contributed by atoms with Crippen LogP contribution in [0.15, 0.2) is 223 Å². The summed E-state index contributed by atoms with van der Waals surface area (Å²) in [5, 5.41) is 5.30. The Bertz CT molecular complexity index is 3530. The van der Waals surface area contributed by atoms with Crippen LogP contribution >= 0.6 is 0 Å². The Labute approximate surface area is 338 Å². The third-order valence-electron chi connectivity index (χ3n) is 11.2. The molecular formula is C56H36O. The average Bonchev–Trinajstić information content (AvgIpc) is 3.72. The Morgan fingerprint density at radius 3 is 1.56 bits per heavy atom. The molecule has 0 fully saturated rings. The molecule has 0 saturated heterocycles. The third-order valence-corrected chi connectivity index (χ3v) is 11.2. The number of rotatable bonds is 6. The first-order chi connectivity index (χ1) is 30.4. The predicted octanol–water partition coefficient (Wildman–Crippen LogP) is 15.9. The molecule has 10 aromatic carbocycles. The van der Waals surface area contributed by atoms with Gasteiger partial charge in [-0.15, -0.1) is 0 Å². The van der Waals surface area contributed by atoms with E-state index < -0.39 is 6.04 Å². The number of hydrogen-bond donors (Lipinski definition) is 0.